The Hall–Kier alpha value is -3.58. The fourth-order valence-electron chi connectivity index (χ4n) is 3.82. The van der Waals surface area contributed by atoms with E-state index in [-0.39, 0.29) is 17.1 Å². The van der Waals surface area contributed by atoms with Crippen LogP contribution in [0.1, 0.15) is 22.7 Å². The number of methoxy groups -OCH3 is 1. The Labute approximate surface area is 193 Å². The predicted octanol–water partition coefficient (Wildman–Crippen LogP) is 5.10. The van der Waals surface area contributed by atoms with Crippen molar-refractivity contribution in [2.45, 2.75) is 13.0 Å². The molecule has 4 rings (SSSR count). The topological polar surface area (TPSA) is 87.1 Å². The molecule has 1 fully saturated rings. The molecule has 6 nitrogen and oxygen atoms in total. The minimum atomic E-state index is -0.932. The van der Waals surface area contributed by atoms with Crippen molar-refractivity contribution in [2.24, 2.45) is 0 Å². The summed E-state index contributed by atoms with van der Waals surface area (Å²) in [6, 6.07) is 17.3. The summed E-state index contributed by atoms with van der Waals surface area (Å²) in [7, 11) is 1.51. The molecular formula is C25H20BrNO5. The largest absolute Gasteiger partial charge is 0.508 e. The van der Waals surface area contributed by atoms with Crippen LogP contribution in [0.4, 0.5) is 5.69 Å². The second-order valence-electron chi connectivity index (χ2n) is 7.43. The normalized spacial score (nSPS) is 17.6. The number of aromatic hydroxyl groups is 1. The van der Waals surface area contributed by atoms with E-state index >= 15 is 0 Å². The third-order valence-electron chi connectivity index (χ3n) is 5.39. The molecule has 0 aliphatic carbocycles. The van der Waals surface area contributed by atoms with Crippen LogP contribution < -0.4 is 9.64 Å². The van der Waals surface area contributed by atoms with Gasteiger partial charge in [-0.3, -0.25) is 14.5 Å². The number of phenolic OH excluding ortho intramolecular Hbond substituents is 1. The van der Waals surface area contributed by atoms with Crippen LogP contribution in [0.15, 0.2) is 76.8 Å². The second-order valence-corrected chi connectivity index (χ2v) is 8.28. The van der Waals surface area contributed by atoms with E-state index in [1.807, 2.05) is 6.92 Å². The van der Waals surface area contributed by atoms with Gasteiger partial charge in [-0.2, -0.15) is 0 Å². The van der Waals surface area contributed by atoms with Gasteiger partial charge in [0.25, 0.3) is 11.7 Å². The molecule has 0 spiro atoms. The number of amides is 1. The van der Waals surface area contributed by atoms with Gasteiger partial charge < -0.3 is 14.9 Å². The smallest absolute Gasteiger partial charge is 0.300 e. The van der Waals surface area contributed by atoms with Crippen LogP contribution in [-0.2, 0) is 9.59 Å². The molecule has 32 heavy (non-hydrogen) atoms. The summed E-state index contributed by atoms with van der Waals surface area (Å²) < 4.78 is 6.13. The van der Waals surface area contributed by atoms with Gasteiger partial charge in [0.2, 0.25) is 0 Å². The number of benzene rings is 3. The molecule has 0 saturated carbocycles. The van der Waals surface area contributed by atoms with E-state index < -0.39 is 17.7 Å². The Kier molecular flexibility index (Phi) is 5.76. The summed E-state index contributed by atoms with van der Waals surface area (Å²) in [5.74, 6) is -1.36. The van der Waals surface area contributed by atoms with Crippen molar-refractivity contribution < 1.29 is 24.5 Å². The van der Waals surface area contributed by atoms with E-state index in [4.69, 9.17) is 4.74 Å². The number of phenols is 1. The summed E-state index contributed by atoms with van der Waals surface area (Å²) in [6.07, 6.45) is 0. The molecule has 1 heterocycles. The van der Waals surface area contributed by atoms with E-state index in [9.17, 15) is 19.8 Å². The van der Waals surface area contributed by atoms with Crippen molar-refractivity contribution in [2.75, 3.05) is 12.0 Å². The number of carbonyl (C=O) groups is 2. The number of anilines is 1. The number of rotatable bonds is 4. The highest BCUT2D eigenvalue weighted by molar-refractivity contribution is 9.10. The maximum atomic E-state index is 13.2. The van der Waals surface area contributed by atoms with E-state index in [1.54, 1.807) is 54.6 Å². The quantitative estimate of drug-likeness (QED) is 0.300. The van der Waals surface area contributed by atoms with Crippen molar-refractivity contribution in [1.29, 1.82) is 0 Å². The van der Waals surface area contributed by atoms with Crippen LogP contribution in [0.2, 0.25) is 0 Å². The molecule has 0 aromatic heterocycles. The Morgan fingerprint density at radius 1 is 1.03 bits per heavy atom. The van der Waals surface area contributed by atoms with Crippen LogP contribution in [0.5, 0.6) is 11.5 Å². The first kappa shape index (κ1) is 21.6. The molecule has 7 heteroatoms. The summed E-state index contributed by atoms with van der Waals surface area (Å²) in [6.45, 7) is 1.86. The van der Waals surface area contributed by atoms with Gasteiger partial charge in [0.05, 0.1) is 18.7 Å². The van der Waals surface area contributed by atoms with Gasteiger partial charge in [0.1, 0.15) is 17.3 Å². The molecular weight excluding hydrogens is 474 g/mol. The third-order valence-corrected chi connectivity index (χ3v) is 6.28. The van der Waals surface area contributed by atoms with Crippen molar-refractivity contribution in [3.05, 3.63) is 93.5 Å². The number of ketones is 1. The van der Waals surface area contributed by atoms with Gasteiger partial charge in [0.15, 0.2) is 0 Å². The summed E-state index contributed by atoms with van der Waals surface area (Å²) >= 11 is 3.43. The average molecular weight is 494 g/mol. The Bertz CT molecular complexity index is 1270. The van der Waals surface area contributed by atoms with Crippen LogP contribution in [0.25, 0.3) is 5.76 Å². The minimum absolute atomic E-state index is 0.0155. The molecule has 1 aliphatic heterocycles. The lowest BCUT2D eigenvalue weighted by atomic mass is 9.94. The zero-order valence-corrected chi connectivity index (χ0v) is 19.0. The standard InChI is InChI=1S/C25H20BrNO5/c1-14-11-16(9-10-20(14)26)23(29)21-22(15-5-3-7-18(28)12-15)27(25(31)24(21)30)17-6-4-8-19(13-17)32-2/h3-13,22,28-29H,1-2H3/b23-21+. The number of ether oxygens (including phenoxy) is 1. The fourth-order valence-corrected chi connectivity index (χ4v) is 4.06. The van der Waals surface area contributed by atoms with Gasteiger partial charge >= 0.3 is 0 Å². The Morgan fingerprint density at radius 2 is 1.78 bits per heavy atom. The van der Waals surface area contributed by atoms with E-state index in [2.05, 4.69) is 15.9 Å². The van der Waals surface area contributed by atoms with E-state index in [0.717, 1.165) is 10.0 Å². The van der Waals surface area contributed by atoms with Crippen LogP contribution in [0.3, 0.4) is 0 Å². The minimum Gasteiger partial charge on any atom is -0.508 e. The second kappa shape index (κ2) is 8.51. The summed E-state index contributed by atoms with van der Waals surface area (Å²) in [5.41, 5.74) is 2.16. The van der Waals surface area contributed by atoms with Gasteiger partial charge in [-0.25, -0.2) is 0 Å². The van der Waals surface area contributed by atoms with E-state index in [1.165, 1.54) is 24.1 Å². The lowest BCUT2D eigenvalue weighted by molar-refractivity contribution is -0.132. The SMILES string of the molecule is COc1cccc(N2C(=O)C(=O)/C(=C(/O)c3ccc(Br)c(C)c3)C2c2cccc(O)c2)c1. The van der Waals surface area contributed by atoms with Crippen LogP contribution in [0, 0.1) is 6.92 Å². The number of halogens is 1. The molecule has 1 saturated heterocycles. The van der Waals surface area contributed by atoms with Crippen molar-refractivity contribution in [3.8, 4) is 11.5 Å². The highest BCUT2D eigenvalue weighted by Gasteiger charge is 2.47. The molecule has 2 N–H and O–H groups in total. The molecule has 1 amide bonds. The van der Waals surface area contributed by atoms with Gasteiger partial charge in [-0.15, -0.1) is 0 Å². The fraction of sp³-hybridized carbons (Fsp3) is 0.120. The van der Waals surface area contributed by atoms with Gasteiger partial charge in [-0.05, 0) is 54.4 Å². The third kappa shape index (κ3) is 3.76. The molecule has 1 atom stereocenters. The predicted molar refractivity (Wildman–Crippen MR) is 125 cm³/mol. The first-order valence-electron chi connectivity index (χ1n) is 9.82. The number of nitrogens with zero attached hydrogens (tertiary/aromatic N) is 1. The molecule has 162 valence electrons. The average Bonchev–Trinajstić information content (AvgIpc) is 3.06. The van der Waals surface area contributed by atoms with E-state index in [0.29, 0.717) is 22.6 Å². The number of aliphatic hydroxyl groups is 1. The number of carbonyl (C=O) groups excluding carboxylic acids is 2. The number of Topliss-reactive ketones (excluding diaryl/α,β-unsaturated/α-hetero) is 1. The lowest BCUT2D eigenvalue weighted by Crippen LogP contribution is -2.29. The zero-order chi connectivity index (χ0) is 23.0. The monoisotopic (exact) mass is 493 g/mol. The first-order valence-corrected chi connectivity index (χ1v) is 10.6. The number of hydrogen-bond acceptors (Lipinski definition) is 5. The molecule has 3 aromatic rings. The molecule has 1 unspecified atom stereocenters. The molecule has 0 radical (unpaired) electrons. The maximum Gasteiger partial charge on any atom is 0.300 e. The first-order chi connectivity index (χ1) is 15.3. The van der Waals surface area contributed by atoms with Crippen LogP contribution in [-0.4, -0.2) is 29.0 Å². The zero-order valence-electron chi connectivity index (χ0n) is 17.4. The highest BCUT2D eigenvalue weighted by Crippen LogP contribution is 2.43. The summed E-state index contributed by atoms with van der Waals surface area (Å²) in [4.78, 5) is 27.6. The number of aliphatic hydroxyl groups excluding tert-OH is 1. The Balaban J connectivity index is 1.96. The molecule has 0 bridgehead atoms. The maximum absolute atomic E-state index is 13.2. The Morgan fingerprint density at radius 3 is 2.47 bits per heavy atom. The van der Waals surface area contributed by atoms with Crippen molar-refractivity contribution in [1.82, 2.24) is 0 Å². The number of aryl methyl sites for hydroxylation is 1. The number of hydrogen-bond donors (Lipinski definition) is 2. The highest BCUT2D eigenvalue weighted by atomic mass is 79.9. The summed E-state index contributed by atoms with van der Waals surface area (Å²) in [5, 5.41) is 21.2. The van der Waals surface area contributed by atoms with Gasteiger partial charge in [-0.1, -0.05) is 40.2 Å². The van der Waals surface area contributed by atoms with Crippen LogP contribution >= 0.6 is 15.9 Å². The molecule has 3 aromatic carbocycles. The van der Waals surface area contributed by atoms with Gasteiger partial charge in [0, 0.05) is 21.8 Å². The molecule has 1 aliphatic rings. The lowest BCUT2D eigenvalue weighted by Gasteiger charge is -2.26. The van der Waals surface area contributed by atoms with Crippen molar-refractivity contribution in [3.63, 3.8) is 0 Å². The van der Waals surface area contributed by atoms with Crippen molar-refractivity contribution >= 4 is 39.1 Å².